The summed E-state index contributed by atoms with van der Waals surface area (Å²) >= 11 is 0. The summed E-state index contributed by atoms with van der Waals surface area (Å²) in [6.45, 7) is 2.24. The molecule has 3 rings (SSSR count). The van der Waals surface area contributed by atoms with E-state index in [0.717, 1.165) is 11.7 Å². The van der Waals surface area contributed by atoms with E-state index in [2.05, 4.69) is 54.7 Å². The van der Waals surface area contributed by atoms with Gasteiger partial charge in [0, 0.05) is 12.1 Å². The van der Waals surface area contributed by atoms with Crippen LogP contribution in [0.5, 0.6) is 5.75 Å². The lowest BCUT2D eigenvalue weighted by Crippen LogP contribution is -2.26. The van der Waals surface area contributed by atoms with Crippen molar-refractivity contribution in [3.8, 4) is 5.75 Å². The van der Waals surface area contributed by atoms with Gasteiger partial charge in [0.2, 0.25) is 0 Å². The highest BCUT2D eigenvalue weighted by Gasteiger charge is 2.32. The first-order valence-electron chi connectivity index (χ1n) is 7.73. The zero-order chi connectivity index (χ0) is 14.7. The van der Waals surface area contributed by atoms with E-state index in [1.165, 1.54) is 24.0 Å². The summed E-state index contributed by atoms with van der Waals surface area (Å²) in [5, 5.41) is 3.81. The van der Waals surface area contributed by atoms with Gasteiger partial charge in [-0.25, -0.2) is 0 Å². The molecule has 110 valence electrons. The van der Waals surface area contributed by atoms with Crippen LogP contribution in [0.1, 0.15) is 43.0 Å². The van der Waals surface area contributed by atoms with Crippen LogP contribution in [0.15, 0.2) is 54.6 Å². The van der Waals surface area contributed by atoms with Crippen molar-refractivity contribution in [2.24, 2.45) is 5.92 Å². The summed E-state index contributed by atoms with van der Waals surface area (Å²) < 4.78 is 5.23. The Morgan fingerprint density at radius 2 is 1.62 bits per heavy atom. The second-order valence-electron chi connectivity index (χ2n) is 5.89. The minimum atomic E-state index is 0.335. The molecular formula is C19H23NO. The number of rotatable bonds is 6. The Bertz CT molecular complexity index is 560. The van der Waals surface area contributed by atoms with Crippen molar-refractivity contribution in [2.45, 2.75) is 31.8 Å². The SMILES string of the molecule is COc1ccc([C@H](C)NC(c2ccccc2)C2CC2)cc1. The Balaban J connectivity index is 1.73. The first kappa shape index (κ1) is 14.2. The van der Waals surface area contributed by atoms with E-state index >= 15 is 0 Å². The molecule has 1 aliphatic carbocycles. The minimum Gasteiger partial charge on any atom is -0.497 e. The summed E-state index contributed by atoms with van der Waals surface area (Å²) in [5.41, 5.74) is 2.71. The normalized spacial score (nSPS) is 17.2. The molecule has 0 amide bonds. The van der Waals surface area contributed by atoms with E-state index in [-0.39, 0.29) is 0 Å². The van der Waals surface area contributed by atoms with Gasteiger partial charge in [0.15, 0.2) is 0 Å². The maximum absolute atomic E-state index is 5.23. The highest BCUT2D eigenvalue weighted by atomic mass is 16.5. The number of benzene rings is 2. The zero-order valence-electron chi connectivity index (χ0n) is 12.8. The fraction of sp³-hybridized carbons (Fsp3) is 0.368. The van der Waals surface area contributed by atoms with E-state index in [9.17, 15) is 0 Å². The maximum Gasteiger partial charge on any atom is 0.118 e. The van der Waals surface area contributed by atoms with Crippen molar-refractivity contribution in [1.29, 1.82) is 0 Å². The Morgan fingerprint density at radius 3 is 2.19 bits per heavy atom. The van der Waals surface area contributed by atoms with Crippen molar-refractivity contribution in [2.75, 3.05) is 7.11 Å². The van der Waals surface area contributed by atoms with Gasteiger partial charge >= 0.3 is 0 Å². The molecule has 0 saturated heterocycles. The molecule has 2 heteroatoms. The average molecular weight is 281 g/mol. The van der Waals surface area contributed by atoms with Gasteiger partial charge in [-0.1, -0.05) is 42.5 Å². The first-order valence-corrected chi connectivity index (χ1v) is 7.73. The molecule has 1 aliphatic rings. The molecular weight excluding hydrogens is 258 g/mol. The van der Waals surface area contributed by atoms with Gasteiger partial charge in [0.05, 0.1) is 7.11 Å². The maximum atomic E-state index is 5.23. The molecule has 1 unspecified atom stereocenters. The molecule has 2 aromatic carbocycles. The third kappa shape index (κ3) is 3.45. The summed E-state index contributed by atoms with van der Waals surface area (Å²) in [6, 6.07) is 20.0. The summed E-state index contributed by atoms with van der Waals surface area (Å²) in [7, 11) is 1.70. The standard InChI is InChI=1S/C19H23NO/c1-14(15-10-12-18(21-2)13-11-15)20-19(17-8-9-17)16-6-4-3-5-7-16/h3-7,10-14,17,19-20H,8-9H2,1-2H3/t14-,19?/m0/s1. The smallest absolute Gasteiger partial charge is 0.118 e. The van der Waals surface area contributed by atoms with Crippen LogP contribution in [0, 0.1) is 5.92 Å². The van der Waals surface area contributed by atoms with Crippen LogP contribution in [-0.4, -0.2) is 7.11 Å². The van der Waals surface area contributed by atoms with E-state index < -0.39 is 0 Å². The number of hydrogen-bond donors (Lipinski definition) is 1. The Hall–Kier alpha value is -1.80. The summed E-state index contributed by atoms with van der Waals surface area (Å²) in [4.78, 5) is 0. The van der Waals surface area contributed by atoms with Gasteiger partial charge in [-0.2, -0.15) is 0 Å². The average Bonchev–Trinajstić information content (AvgIpc) is 3.38. The fourth-order valence-electron chi connectivity index (χ4n) is 2.85. The molecule has 0 bridgehead atoms. The third-order valence-corrected chi connectivity index (χ3v) is 4.30. The van der Waals surface area contributed by atoms with Crippen molar-refractivity contribution in [3.63, 3.8) is 0 Å². The van der Waals surface area contributed by atoms with Crippen molar-refractivity contribution < 1.29 is 4.74 Å². The number of methoxy groups -OCH3 is 1. The minimum absolute atomic E-state index is 0.335. The van der Waals surface area contributed by atoms with Crippen LogP contribution < -0.4 is 10.1 Å². The van der Waals surface area contributed by atoms with Crippen LogP contribution in [0.4, 0.5) is 0 Å². The molecule has 0 aliphatic heterocycles. The van der Waals surface area contributed by atoms with Gasteiger partial charge in [-0.05, 0) is 48.9 Å². The highest BCUT2D eigenvalue weighted by molar-refractivity contribution is 5.29. The predicted octanol–water partition coefficient (Wildman–Crippen LogP) is 4.50. The van der Waals surface area contributed by atoms with E-state index in [0.29, 0.717) is 12.1 Å². The van der Waals surface area contributed by atoms with E-state index in [4.69, 9.17) is 4.74 Å². The Kier molecular flexibility index (Phi) is 4.26. The molecule has 21 heavy (non-hydrogen) atoms. The summed E-state index contributed by atoms with van der Waals surface area (Å²) in [5.74, 6) is 1.70. The molecule has 0 spiro atoms. The molecule has 2 atom stereocenters. The molecule has 1 fully saturated rings. The van der Waals surface area contributed by atoms with Crippen LogP contribution in [0.25, 0.3) is 0 Å². The Morgan fingerprint density at radius 1 is 0.952 bits per heavy atom. The van der Waals surface area contributed by atoms with Gasteiger partial charge in [0.1, 0.15) is 5.75 Å². The van der Waals surface area contributed by atoms with Gasteiger partial charge in [0.25, 0.3) is 0 Å². The molecule has 2 nitrogen and oxygen atoms in total. The molecule has 0 heterocycles. The second-order valence-corrected chi connectivity index (χ2v) is 5.89. The molecule has 0 aromatic heterocycles. The van der Waals surface area contributed by atoms with Crippen molar-refractivity contribution >= 4 is 0 Å². The van der Waals surface area contributed by atoms with Crippen LogP contribution in [-0.2, 0) is 0 Å². The molecule has 2 aromatic rings. The Labute approximate surface area is 127 Å². The van der Waals surface area contributed by atoms with Crippen LogP contribution >= 0.6 is 0 Å². The van der Waals surface area contributed by atoms with Crippen LogP contribution in [0.2, 0.25) is 0 Å². The topological polar surface area (TPSA) is 21.3 Å². The molecule has 1 saturated carbocycles. The van der Waals surface area contributed by atoms with Crippen LogP contribution in [0.3, 0.4) is 0 Å². The highest BCUT2D eigenvalue weighted by Crippen LogP contribution is 2.42. The monoisotopic (exact) mass is 281 g/mol. The van der Waals surface area contributed by atoms with E-state index in [1.807, 2.05) is 12.1 Å². The van der Waals surface area contributed by atoms with Crippen molar-refractivity contribution in [3.05, 3.63) is 65.7 Å². The number of nitrogens with one attached hydrogen (secondary N) is 1. The second kappa shape index (κ2) is 6.31. The third-order valence-electron chi connectivity index (χ3n) is 4.30. The van der Waals surface area contributed by atoms with Gasteiger partial charge in [-0.3, -0.25) is 0 Å². The molecule has 1 N–H and O–H groups in total. The lowest BCUT2D eigenvalue weighted by Gasteiger charge is -2.24. The van der Waals surface area contributed by atoms with E-state index in [1.54, 1.807) is 7.11 Å². The number of ether oxygens (including phenoxy) is 1. The van der Waals surface area contributed by atoms with Gasteiger partial charge in [-0.15, -0.1) is 0 Å². The summed E-state index contributed by atoms with van der Waals surface area (Å²) in [6.07, 6.45) is 2.67. The molecule has 0 radical (unpaired) electrons. The quantitative estimate of drug-likeness (QED) is 0.842. The van der Waals surface area contributed by atoms with Gasteiger partial charge < -0.3 is 10.1 Å². The lowest BCUT2D eigenvalue weighted by molar-refractivity contribution is 0.412. The number of hydrogen-bond acceptors (Lipinski definition) is 2. The predicted molar refractivity (Wildman–Crippen MR) is 86.5 cm³/mol. The first-order chi connectivity index (χ1) is 10.3. The lowest BCUT2D eigenvalue weighted by atomic mass is 9.99. The zero-order valence-corrected chi connectivity index (χ0v) is 12.8. The largest absolute Gasteiger partial charge is 0.497 e. The van der Waals surface area contributed by atoms with Crippen molar-refractivity contribution in [1.82, 2.24) is 5.32 Å². The fourth-order valence-corrected chi connectivity index (χ4v) is 2.85.